The van der Waals surface area contributed by atoms with Gasteiger partial charge in [0.15, 0.2) is 18.2 Å². The van der Waals surface area contributed by atoms with E-state index in [-0.39, 0.29) is 24.2 Å². The molecule has 5 nitrogen and oxygen atoms in total. The molecular weight excluding hydrogens is 359 g/mol. The van der Waals surface area contributed by atoms with E-state index in [9.17, 15) is 14.0 Å². The number of hydrogen-bond donors (Lipinski definition) is 1. The lowest BCUT2D eigenvalue weighted by molar-refractivity contribution is -0.119. The van der Waals surface area contributed by atoms with Crippen LogP contribution in [-0.4, -0.2) is 25.0 Å². The van der Waals surface area contributed by atoms with Crippen molar-refractivity contribution in [3.05, 3.63) is 53.8 Å². The van der Waals surface area contributed by atoms with Crippen molar-refractivity contribution in [1.29, 1.82) is 0 Å². The molecule has 0 radical (unpaired) electrons. The smallest absolute Gasteiger partial charge is 0.262 e. The van der Waals surface area contributed by atoms with Crippen molar-refractivity contribution in [2.75, 3.05) is 23.4 Å². The second kappa shape index (κ2) is 8.87. The first kappa shape index (κ1) is 19.9. The average Bonchev–Trinajstić information content (AvgIpc) is 2.66. The van der Waals surface area contributed by atoms with Gasteiger partial charge in [-0.1, -0.05) is 26.0 Å². The Labute approximate surface area is 164 Å². The zero-order valence-corrected chi connectivity index (χ0v) is 16.2. The lowest BCUT2D eigenvalue weighted by Crippen LogP contribution is -2.36. The largest absolute Gasteiger partial charge is 0.481 e. The van der Waals surface area contributed by atoms with Gasteiger partial charge in [0.1, 0.15) is 0 Å². The molecule has 0 aliphatic carbocycles. The molecule has 28 heavy (non-hydrogen) atoms. The van der Waals surface area contributed by atoms with Gasteiger partial charge in [0, 0.05) is 24.3 Å². The summed E-state index contributed by atoms with van der Waals surface area (Å²) in [6.07, 6.45) is 2.07. The molecule has 2 aromatic rings. The summed E-state index contributed by atoms with van der Waals surface area (Å²) in [6, 6.07) is 11.5. The van der Waals surface area contributed by atoms with E-state index < -0.39 is 5.82 Å². The normalized spacial score (nSPS) is 13.4. The number of benzene rings is 2. The van der Waals surface area contributed by atoms with E-state index in [2.05, 4.69) is 19.2 Å². The van der Waals surface area contributed by atoms with Crippen molar-refractivity contribution in [2.45, 2.75) is 33.1 Å². The Hall–Kier alpha value is -2.89. The van der Waals surface area contributed by atoms with Crippen molar-refractivity contribution in [3.63, 3.8) is 0 Å². The number of para-hydroxylation sites is 1. The zero-order chi connectivity index (χ0) is 20.1. The van der Waals surface area contributed by atoms with Crippen molar-refractivity contribution in [2.24, 2.45) is 5.92 Å². The van der Waals surface area contributed by atoms with Crippen LogP contribution in [0.4, 0.5) is 15.8 Å². The van der Waals surface area contributed by atoms with E-state index in [1.807, 2.05) is 17.0 Å². The molecule has 0 unspecified atom stereocenters. The highest BCUT2D eigenvalue weighted by Gasteiger charge is 2.24. The van der Waals surface area contributed by atoms with E-state index in [0.717, 1.165) is 17.7 Å². The highest BCUT2D eigenvalue weighted by Crippen LogP contribution is 2.31. The van der Waals surface area contributed by atoms with Crippen LogP contribution in [0.2, 0.25) is 0 Å². The maximum atomic E-state index is 13.5. The second-order valence-electron chi connectivity index (χ2n) is 7.34. The van der Waals surface area contributed by atoms with Crippen LogP contribution in [0.15, 0.2) is 42.5 Å². The fourth-order valence-electron chi connectivity index (χ4n) is 3.17. The van der Waals surface area contributed by atoms with Crippen LogP contribution >= 0.6 is 0 Å². The third kappa shape index (κ3) is 4.88. The second-order valence-corrected chi connectivity index (χ2v) is 7.34. The Morgan fingerprint density at radius 1 is 1.21 bits per heavy atom. The van der Waals surface area contributed by atoms with Gasteiger partial charge in [0.25, 0.3) is 5.91 Å². The van der Waals surface area contributed by atoms with Gasteiger partial charge in [-0.15, -0.1) is 0 Å². The molecule has 1 heterocycles. The predicted octanol–water partition coefficient (Wildman–Crippen LogP) is 4.17. The Bertz CT molecular complexity index is 867. The summed E-state index contributed by atoms with van der Waals surface area (Å²) in [5.74, 6) is -0.168. The van der Waals surface area contributed by atoms with Gasteiger partial charge < -0.3 is 15.0 Å². The SMILES string of the molecule is CC(C)CCN1C(=O)CCc2cc(NC(=O)COc3ccccc3F)ccc21. The number of anilines is 2. The fraction of sp³-hybridized carbons (Fsp3) is 0.364. The standard InChI is InChI=1S/C22H25FN2O3/c1-15(2)11-12-25-19-9-8-17(13-16(19)7-10-22(25)27)24-21(26)14-28-20-6-4-3-5-18(20)23/h3-6,8-9,13,15H,7,10-12,14H2,1-2H3,(H,24,26). The van der Waals surface area contributed by atoms with Crippen LogP contribution in [0, 0.1) is 11.7 Å². The minimum Gasteiger partial charge on any atom is -0.481 e. The molecule has 0 bridgehead atoms. The third-order valence-corrected chi connectivity index (χ3v) is 4.69. The highest BCUT2D eigenvalue weighted by molar-refractivity contribution is 5.97. The molecule has 0 saturated carbocycles. The van der Waals surface area contributed by atoms with E-state index in [0.29, 0.717) is 31.0 Å². The lowest BCUT2D eigenvalue weighted by atomic mass is 9.99. The number of ether oxygens (including phenoxy) is 1. The lowest BCUT2D eigenvalue weighted by Gasteiger charge is -2.30. The van der Waals surface area contributed by atoms with Crippen LogP contribution < -0.4 is 15.0 Å². The predicted molar refractivity (Wildman–Crippen MR) is 107 cm³/mol. The van der Waals surface area contributed by atoms with Crippen LogP contribution in [0.25, 0.3) is 0 Å². The Kier molecular flexibility index (Phi) is 6.29. The van der Waals surface area contributed by atoms with Gasteiger partial charge in [-0.05, 0) is 54.7 Å². The van der Waals surface area contributed by atoms with Crippen LogP contribution in [0.1, 0.15) is 32.3 Å². The summed E-state index contributed by atoms with van der Waals surface area (Å²) in [4.78, 5) is 26.3. The summed E-state index contributed by atoms with van der Waals surface area (Å²) in [5.41, 5.74) is 2.59. The maximum Gasteiger partial charge on any atom is 0.262 e. The van der Waals surface area contributed by atoms with Gasteiger partial charge in [0.05, 0.1) is 0 Å². The topological polar surface area (TPSA) is 58.6 Å². The third-order valence-electron chi connectivity index (χ3n) is 4.69. The number of amides is 2. The number of carbonyl (C=O) groups excluding carboxylic acids is 2. The minimum atomic E-state index is -0.504. The van der Waals surface area contributed by atoms with E-state index >= 15 is 0 Å². The van der Waals surface area contributed by atoms with Crippen molar-refractivity contribution in [3.8, 4) is 5.75 Å². The first-order valence-electron chi connectivity index (χ1n) is 9.54. The van der Waals surface area contributed by atoms with Crippen LogP contribution in [-0.2, 0) is 16.0 Å². The molecule has 2 amide bonds. The fourth-order valence-corrected chi connectivity index (χ4v) is 3.17. The number of carbonyl (C=O) groups is 2. The molecule has 0 aromatic heterocycles. The van der Waals surface area contributed by atoms with Gasteiger partial charge in [-0.2, -0.15) is 0 Å². The van der Waals surface area contributed by atoms with Gasteiger partial charge in [-0.25, -0.2) is 4.39 Å². The molecule has 1 aliphatic rings. The number of aryl methyl sites for hydroxylation is 1. The highest BCUT2D eigenvalue weighted by atomic mass is 19.1. The minimum absolute atomic E-state index is 0.0439. The Balaban J connectivity index is 1.64. The molecule has 1 N–H and O–H groups in total. The number of rotatable bonds is 7. The molecule has 0 fully saturated rings. The molecule has 0 spiro atoms. The molecule has 3 rings (SSSR count). The van der Waals surface area contributed by atoms with Gasteiger partial charge in [0.2, 0.25) is 5.91 Å². The zero-order valence-electron chi connectivity index (χ0n) is 16.2. The number of fused-ring (bicyclic) bond motifs is 1. The van der Waals surface area contributed by atoms with E-state index in [1.165, 1.54) is 12.1 Å². The summed E-state index contributed by atoms with van der Waals surface area (Å²) in [7, 11) is 0. The van der Waals surface area contributed by atoms with E-state index in [1.54, 1.807) is 18.2 Å². The number of nitrogens with zero attached hydrogens (tertiary/aromatic N) is 1. The molecule has 148 valence electrons. The first-order valence-corrected chi connectivity index (χ1v) is 9.54. The maximum absolute atomic E-state index is 13.5. The molecule has 0 atom stereocenters. The molecule has 1 aliphatic heterocycles. The number of hydrogen-bond acceptors (Lipinski definition) is 3. The van der Waals surface area contributed by atoms with Crippen molar-refractivity contribution in [1.82, 2.24) is 0 Å². The van der Waals surface area contributed by atoms with Crippen LogP contribution in [0.5, 0.6) is 5.75 Å². The number of nitrogens with one attached hydrogen (secondary N) is 1. The average molecular weight is 384 g/mol. The Morgan fingerprint density at radius 3 is 2.75 bits per heavy atom. The summed E-state index contributed by atoms with van der Waals surface area (Å²) < 4.78 is 18.8. The Morgan fingerprint density at radius 2 is 2.00 bits per heavy atom. The summed E-state index contributed by atoms with van der Waals surface area (Å²) in [5, 5.41) is 2.77. The van der Waals surface area contributed by atoms with Crippen LogP contribution in [0.3, 0.4) is 0 Å². The summed E-state index contributed by atoms with van der Waals surface area (Å²) >= 11 is 0. The number of halogens is 1. The van der Waals surface area contributed by atoms with E-state index in [4.69, 9.17) is 4.74 Å². The molecule has 2 aromatic carbocycles. The molecular formula is C22H25FN2O3. The summed E-state index contributed by atoms with van der Waals surface area (Å²) in [6.45, 7) is 4.69. The molecule has 6 heteroatoms. The quantitative estimate of drug-likeness (QED) is 0.780. The molecule has 0 saturated heterocycles. The first-order chi connectivity index (χ1) is 13.4. The van der Waals surface area contributed by atoms with Crippen molar-refractivity contribution < 1.29 is 18.7 Å². The van der Waals surface area contributed by atoms with Gasteiger partial charge in [-0.3, -0.25) is 9.59 Å². The monoisotopic (exact) mass is 384 g/mol. The van der Waals surface area contributed by atoms with Crippen molar-refractivity contribution >= 4 is 23.2 Å². The van der Waals surface area contributed by atoms with Gasteiger partial charge >= 0.3 is 0 Å².